The summed E-state index contributed by atoms with van der Waals surface area (Å²) < 4.78 is 48.3. The number of nitriles is 1. The van der Waals surface area contributed by atoms with E-state index in [0.29, 0.717) is 47.8 Å². The largest absolute Gasteiger partial charge is 0.487 e. The van der Waals surface area contributed by atoms with E-state index in [1.807, 2.05) is 23.9 Å². The number of nitrogens with one attached hydrogen (secondary N) is 1. The molecule has 1 N–H and O–H groups in total. The Hall–Kier alpha value is -4.65. The molecule has 0 bridgehead atoms. The number of nitrogens with zero attached hydrogens (tertiary/aromatic N) is 10. The number of methoxy groups -OCH3 is 1. The van der Waals surface area contributed by atoms with Gasteiger partial charge in [0.2, 0.25) is 5.95 Å². The first-order valence-electron chi connectivity index (χ1n) is 18.3. The second-order valence-electron chi connectivity index (χ2n) is 12.8. The first-order chi connectivity index (χ1) is 25.0. The van der Waals surface area contributed by atoms with E-state index in [2.05, 4.69) is 55.6 Å². The molecule has 2 fully saturated rings. The molecular weight excluding hydrogens is 626 g/mol. The summed E-state index contributed by atoms with van der Waals surface area (Å²) in [5, 5.41) is 28.9. The summed E-state index contributed by atoms with van der Waals surface area (Å²) in [4.78, 5) is 11.7. The molecular formula is C34H45N11O4. The van der Waals surface area contributed by atoms with Gasteiger partial charge in [0.25, 0.3) is 5.88 Å². The topological polar surface area (TPSA) is 163 Å². The van der Waals surface area contributed by atoms with Gasteiger partial charge in [0.05, 0.1) is 47.3 Å². The van der Waals surface area contributed by atoms with Crippen LogP contribution in [-0.4, -0.2) is 103 Å². The van der Waals surface area contributed by atoms with Crippen LogP contribution in [0.25, 0.3) is 11.1 Å². The van der Waals surface area contributed by atoms with E-state index < -0.39 is 7.04 Å². The molecule has 15 nitrogen and oxygen atoms in total. The lowest BCUT2D eigenvalue weighted by Gasteiger charge is -2.42. The predicted octanol–water partition coefficient (Wildman–Crippen LogP) is 4.42. The molecule has 0 spiro atoms. The molecule has 4 heterocycles. The summed E-state index contributed by atoms with van der Waals surface area (Å²) in [7, 11) is -2.45. The van der Waals surface area contributed by atoms with Crippen LogP contribution in [0.2, 0.25) is 0 Å². The number of benzene rings is 1. The van der Waals surface area contributed by atoms with Crippen LogP contribution >= 0.6 is 0 Å². The Balaban J connectivity index is 1.13. The molecule has 3 atom stereocenters. The average Bonchev–Trinajstić information content (AvgIpc) is 3.77. The zero-order valence-electron chi connectivity index (χ0n) is 31.1. The normalized spacial score (nSPS) is 23.1. The fourth-order valence-corrected chi connectivity index (χ4v) is 6.59. The van der Waals surface area contributed by atoms with E-state index in [1.54, 1.807) is 29.2 Å². The van der Waals surface area contributed by atoms with Gasteiger partial charge in [0.15, 0.2) is 0 Å². The molecule has 1 aliphatic carbocycles. The van der Waals surface area contributed by atoms with Crippen molar-refractivity contribution in [2.75, 3.05) is 38.7 Å². The number of morpholine rings is 1. The molecule has 260 valence electrons. The van der Waals surface area contributed by atoms with Crippen molar-refractivity contribution in [1.82, 2.24) is 44.9 Å². The maximum Gasteiger partial charge on any atom is 0.256 e. The van der Waals surface area contributed by atoms with E-state index in [0.717, 1.165) is 49.9 Å². The molecule has 49 heavy (non-hydrogen) atoms. The third-order valence-corrected chi connectivity index (χ3v) is 8.83. The highest BCUT2D eigenvalue weighted by atomic mass is 16.5. The van der Waals surface area contributed by atoms with E-state index in [1.165, 1.54) is 6.33 Å². The molecule has 4 aromatic rings. The van der Waals surface area contributed by atoms with Crippen molar-refractivity contribution in [3.05, 3.63) is 48.7 Å². The maximum absolute atomic E-state index is 9.68. The fourth-order valence-electron chi connectivity index (χ4n) is 6.59. The number of hydrogen-bond acceptors (Lipinski definition) is 13. The molecule has 2 aliphatic rings. The minimum atomic E-state index is -2.45. The Morgan fingerprint density at radius 2 is 1.86 bits per heavy atom. The third kappa shape index (κ3) is 8.88. The molecule has 0 radical (unpaired) electrons. The van der Waals surface area contributed by atoms with Crippen LogP contribution < -0.4 is 14.8 Å². The van der Waals surface area contributed by atoms with Crippen molar-refractivity contribution in [2.45, 2.75) is 89.8 Å². The van der Waals surface area contributed by atoms with Crippen LogP contribution in [0.4, 0.5) is 11.6 Å². The number of aromatic nitrogens is 8. The lowest BCUT2D eigenvalue weighted by atomic mass is 9.89. The van der Waals surface area contributed by atoms with E-state index in [-0.39, 0.29) is 37.6 Å². The highest BCUT2D eigenvalue weighted by Gasteiger charge is 2.32. The van der Waals surface area contributed by atoms with Gasteiger partial charge >= 0.3 is 0 Å². The number of rotatable bonds is 14. The average molecular weight is 675 g/mol. The van der Waals surface area contributed by atoms with Crippen molar-refractivity contribution in [3.8, 4) is 28.8 Å². The lowest BCUT2D eigenvalue weighted by molar-refractivity contribution is -0.0852. The van der Waals surface area contributed by atoms with Gasteiger partial charge in [0, 0.05) is 57.2 Å². The van der Waals surface area contributed by atoms with Gasteiger partial charge in [-0.15, -0.1) is 10.2 Å². The van der Waals surface area contributed by atoms with Crippen molar-refractivity contribution >= 4 is 11.6 Å². The predicted molar refractivity (Wildman–Crippen MR) is 180 cm³/mol. The van der Waals surface area contributed by atoms with Gasteiger partial charge in [-0.3, -0.25) is 9.58 Å². The Kier molecular flexibility index (Phi) is 10.0. The Morgan fingerprint density at radius 3 is 2.57 bits per heavy atom. The van der Waals surface area contributed by atoms with Crippen LogP contribution in [0.3, 0.4) is 0 Å². The molecule has 0 unspecified atom stereocenters. The highest BCUT2D eigenvalue weighted by Crippen LogP contribution is 2.35. The van der Waals surface area contributed by atoms with Gasteiger partial charge in [-0.1, -0.05) is 6.07 Å². The summed E-state index contributed by atoms with van der Waals surface area (Å²) >= 11 is 0. The van der Waals surface area contributed by atoms with Crippen molar-refractivity contribution in [2.24, 2.45) is 0 Å². The van der Waals surface area contributed by atoms with Gasteiger partial charge < -0.3 is 24.3 Å². The third-order valence-electron chi connectivity index (χ3n) is 8.83. The minimum absolute atomic E-state index is 0.0354. The Labute approximate surface area is 290 Å². The zero-order valence-corrected chi connectivity index (χ0v) is 28.1. The monoisotopic (exact) mass is 674 g/mol. The van der Waals surface area contributed by atoms with Gasteiger partial charge in [-0.2, -0.15) is 5.26 Å². The quantitative estimate of drug-likeness (QED) is 0.187. The maximum atomic E-state index is 9.68. The van der Waals surface area contributed by atoms with Gasteiger partial charge in [-0.05, 0) is 74.6 Å². The second kappa shape index (κ2) is 16.2. The number of ether oxygens (including phenoxy) is 4. The summed E-state index contributed by atoms with van der Waals surface area (Å²) in [6, 6.07) is 8.23. The zero-order chi connectivity index (χ0) is 36.7. The molecule has 6 rings (SSSR count). The van der Waals surface area contributed by atoms with Crippen molar-refractivity contribution in [1.29, 1.82) is 5.26 Å². The molecule has 1 aliphatic heterocycles. The van der Waals surface area contributed by atoms with Crippen LogP contribution in [0.1, 0.15) is 68.6 Å². The van der Waals surface area contributed by atoms with E-state index >= 15 is 0 Å². The first kappa shape index (κ1) is 30.4. The molecule has 0 amide bonds. The Morgan fingerprint density at radius 1 is 1.08 bits per heavy atom. The molecule has 1 saturated carbocycles. The van der Waals surface area contributed by atoms with E-state index in [9.17, 15) is 5.26 Å². The second-order valence-corrected chi connectivity index (χ2v) is 12.8. The molecule has 1 saturated heterocycles. The lowest BCUT2D eigenvalue weighted by Crippen LogP contribution is -2.51. The molecule has 15 heteroatoms. The van der Waals surface area contributed by atoms with Crippen molar-refractivity contribution in [3.63, 3.8) is 0 Å². The molecule has 1 aromatic carbocycles. The van der Waals surface area contributed by atoms with Crippen LogP contribution in [0.15, 0.2) is 43.1 Å². The first-order valence-corrected chi connectivity index (χ1v) is 16.8. The van der Waals surface area contributed by atoms with Gasteiger partial charge in [-0.25, -0.2) is 14.6 Å². The van der Waals surface area contributed by atoms with Crippen molar-refractivity contribution < 1.29 is 23.1 Å². The van der Waals surface area contributed by atoms with E-state index in [4.69, 9.17) is 28.2 Å². The smallest absolute Gasteiger partial charge is 0.256 e. The van der Waals surface area contributed by atoms with Crippen LogP contribution in [-0.2, 0) is 16.0 Å². The summed E-state index contributed by atoms with van der Waals surface area (Å²) in [6.07, 6.45) is 11.5. The molecule has 3 aromatic heterocycles. The SMILES string of the molecule is [2H]C([2H])([2H])OCCCOc1nn(C2CCC(N3C[C@@H](C)O[C@@H](C)C3)CC2)cc1Nc1ncc(-c2ccc(C#N)c(O[C@@H](C)Cn3cnnn3)c2)cn1. The summed E-state index contributed by atoms with van der Waals surface area (Å²) in [5.74, 6) is 1.16. The van der Waals surface area contributed by atoms with Gasteiger partial charge in [0.1, 0.15) is 29.9 Å². The number of anilines is 2. The standard InChI is InChI=1S/C34H45N11O4/c1-23-18-43(19-24(2)48-23)29-8-10-30(11-9-29)45-21-31(33(40-45)47-13-5-12-46-4)39-34-36-16-28(17-37-34)26-6-7-27(15-35)32(14-26)49-25(3)20-44-22-38-41-42-44/h6-7,14,16-17,21-25,29-30H,5,8-13,18-20H2,1-4H3,(H,36,37,39)/t23-,24+,25-,29?,30?/m0/s1/i4D3. The fraction of sp³-hybridized carbons (Fsp3) is 0.559. The Bertz CT molecular complexity index is 1760. The van der Waals surface area contributed by atoms with Crippen LogP contribution in [0, 0.1) is 11.3 Å². The van der Waals surface area contributed by atoms with Crippen LogP contribution in [0.5, 0.6) is 11.6 Å². The number of tetrazole rings is 1. The summed E-state index contributed by atoms with van der Waals surface area (Å²) in [6.45, 7) is 8.75. The highest BCUT2D eigenvalue weighted by molar-refractivity contribution is 5.67. The number of hydrogen-bond donors (Lipinski definition) is 1. The minimum Gasteiger partial charge on any atom is -0.487 e. The summed E-state index contributed by atoms with van der Waals surface area (Å²) in [5.41, 5.74) is 2.52.